The highest BCUT2D eigenvalue weighted by molar-refractivity contribution is 6.36. The van der Waals surface area contributed by atoms with Crippen LogP contribution in [0, 0.1) is 0 Å². The summed E-state index contributed by atoms with van der Waals surface area (Å²) >= 11 is 12.0. The van der Waals surface area contributed by atoms with Crippen molar-refractivity contribution >= 4 is 40.9 Å². The molecule has 1 aromatic heterocycles. The van der Waals surface area contributed by atoms with E-state index in [1.54, 1.807) is 12.1 Å². The average Bonchev–Trinajstić information content (AvgIpc) is 3.14. The number of amides is 2. The highest BCUT2D eigenvalue weighted by Gasteiger charge is 2.19. The predicted octanol–water partition coefficient (Wildman–Crippen LogP) is 4.23. The molecule has 0 aliphatic carbocycles. The number of halogens is 2. The Morgan fingerprint density at radius 1 is 1.32 bits per heavy atom. The number of oxazole rings is 1. The second-order valence-electron chi connectivity index (χ2n) is 5.64. The van der Waals surface area contributed by atoms with Gasteiger partial charge in [0.2, 0.25) is 5.89 Å². The Morgan fingerprint density at radius 2 is 2.11 bits per heavy atom. The number of carbonyl (C=O) groups excluding carboxylic acids is 2. The molecule has 152 valence electrons. The molecule has 0 spiro atoms. The lowest BCUT2D eigenvalue weighted by molar-refractivity contribution is 0.0594. The number of methoxy groups -OCH3 is 1. The van der Waals surface area contributed by atoms with E-state index in [1.165, 1.54) is 24.3 Å². The fourth-order valence-corrected chi connectivity index (χ4v) is 2.74. The lowest BCUT2D eigenvalue weighted by Gasteiger charge is -2.22. The normalized spacial score (nSPS) is 10.6. The van der Waals surface area contributed by atoms with Gasteiger partial charge in [0.15, 0.2) is 5.69 Å². The number of ether oxygens (including phenoxy) is 2. The largest absolute Gasteiger partial charge is 0.464 e. The molecule has 0 saturated heterocycles. The summed E-state index contributed by atoms with van der Waals surface area (Å²) in [6.45, 7) is 3.43. The Morgan fingerprint density at radius 3 is 2.79 bits per heavy atom. The second-order valence-corrected chi connectivity index (χ2v) is 6.49. The third kappa shape index (κ3) is 6.40. The highest BCUT2D eigenvalue weighted by Crippen LogP contribution is 2.25. The lowest BCUT2D eigenvalue weighted by Crippen LogP contribution is -2.36. The van der Waals surface area contributed by atoms with Crippen LogP contribution in [-0.4, -0.2) is 48.8 Å². The van der Waals surface area contributed by atoms with E-state index in [4.69, 9.17) is 32.4 Å². The number of esters is 1. The fraction of sp³-hybridized carbons (Fsp3) is 0.389. The van der Waals surface area contributed by atoms with Gasteiger partial charge in [-0.25, -0.2) is 14.6 Å². The topological polar surface area (TPSA) is 93.9 Å². The first-order valence-corrected chi connectivity index (χ1v) is 9.31. The summed E-state index contributed by atoms with van der Waals surface area (Å²) in [6, 6.07) is 4.37. The summed E-state index contributed by atoms with van der Waals surface area (Å²) < 4.78 is 15.2. The molecule has 0 saturated carbocycles. The zero-order chi connectivity index (χ0) is 20.5. The van der Waals surface area contributed by atoms with Gasteiger partial charge in [-0.2, -0.15) is 0 Å². The molecule has 10 heteroatoms. The number of rotatable bonds is 9. The van der Waals surface area contributed by atoms with Gasteiger partial charge in [-0.15, -0.1) is 0 Å². The van der Waals surface area contributed by atoms with Crippen molar-refractivity contribution in [2.75, 3.05) is 32.2 Å². The molecule has 0 radical (unpaired) electrons. The van der Waals surface area contributed by atoms with E-state index >= 15 is 0 Å². The summed E-state index contributed by atoms with van der Waals surface area (Å²) in [6.07, 6.45) is 1.80. The first kappa shape index (κ1) is 22.0. The summed E-state index contributed by atoms with van der Waals surface area (Å²) in [5.41, 5.74) is 0.460. The molecule has 2 amide bonds. The standard InChI is InChI=1S/C18H21Cl2N3O5/c1-3-27-8-4-7-23(10-16-21-15(11-28-16)17(24)26-2)18(25)22-14-6-5-12(19)9-13(14)20/h5-6,9,11H,3-4,7-8,10H2,1-2H3,(H,22,25). The third-order valence-electron chi connectivity index (χ3n) is 3.65. The SMILES string of the molecule is CCOCCCN(Cc1nc(C(=O)OC)co1)C(=O)Nc1ccc(Cl)cc1Cl. The summed E-state index contributed by atoms with van der Waals surface area (Å²) in [5.74, 6) is -0.413. The van der Waals surface area contributed by atoms with E-state index in [9.17, 15) is 9.59 Å². The number of hydrogen-bond donors (Lipinski definition) is 1. The molecule has 0 aliphatic heterocycles. The Kier molecular flexibility index (Phi) is 8.56. The molecule has 0 aliphatic rings. The van der Waals surface area contributed by atoms with Gasteiger partial charge in [0, 0.05) is 24.8 Å². The van der Waals surface area contributed by atoms with E-state index in [0.29, 0.717) is 41.9 Å². The quantitative estimate of drug-likeness (QED) is 0.473. The number of benzene rings is 1. The van der Waals surface area contributed by atoms with Gasteiger partial charge in [0.1, 0.15) is 6.26 Å². The van der Waals surface area contributed by atoms with Gasteiger partial charge in [0.05, 0.1) is 24.4 Å². The Hall–Kier alpha value is -2.29. The molecule has 0 fully saturated rings. The van der Waals surface area contributed by atoms with Crippen LogP contribution in [0.4, 0.5) is 10.5 Å². The van der Waals surface area contributed by atoms with Gasteiger partial charge >= 0.3 is 12.0 Å². The number of anilines is 1. The van der Waals surface area contributed by atoms with Gasteiger partial charge < -0.3 is 24.1 Å². The maximum absolute atomic E-state index is 12.7. The number of nitrogens with zero attached hydrogens (tertiary/aromatic N) is 2. The maximum Gasteiger partial charge on any atom is 0.360 e. The van der Waals surface area contributed by atoms with E-state index in [1.807, 2.05) is 6.92 Å². The number of aromatic nitrogens is 1. The molecule has 1 aromatic carbocycles. The summed E-state index contributed by atoms with van der Waals surface area (Å²) in [4.78, 5) is 29.8. The van der Waals surface area contributed by atoms with Crippen LogP contribution < -0.4 is 5.32 Å². The maximum atomic E-state index is 12.7. The Bertz CT molecular complexity index is 812. The zero-order valence-corrected chi connectivity index (χ0v) is 17.0. The third-order valence-corrected chi connectivity index (χ3v) is 4.20. The zero-order valence-electron chi connectivity index (χ0n) is 15.5. The summed E-state index contributed by atoms with van der Waals surface area (Å²) in [5, 5.41) is 3.52. The summed E-state index contributed by atoms with van der Waals surface area (Å²) in [7, 11) is 1.25. The molecule has 0 bridgehead atoms. The lowest BCUT2D eigenvalue weighted by atomic mass is 10.3. The van der Waals surface area contributed by atoms with Crippen LogP contribution in [0.25, 0.3) is 0 Å². The molecule has 1 N–H and O–H groups in total. The van der Waals surface area contributed by atoms with Gasteiger partial charge in [-0.3, -0.25) is 0 Å². The van der Waals surface area contributed by atoms with Gasteiger partial charge in [-0.1, -0.05) is 23.2 Å². The smallest absolute Gasteiger partial charge is 0.360 e. The molecular formula is C18H21Cl2N3O5. The first-order valence-electron chi connectivity index (χ1n) is 8.56. The van der Waals surface area contributed by atoms with Gasteiger partial charge in [0.25, 0.3) is 0 Å². The van der Waals surface area contributed by atoms with Crippen LogP contribution in [0.1, 0.15) is 29.7 Å². The molecule has 2 rings (SSSR count). The van der Waals surface area contributed by atoms with Crippen LogP contribution in [-0.2, 0) is 16.0 Å². The molecule has 1 heterocycles. The van der Waals surface area contributed by atoms with Crippen LogP contribution >= 0.6 is 23.2 Å². The predicted molar refractivity (Wildman–Crippen MR) is 105 cm³/mol. The fourth-order valence-electron chi connectivity index (χ4n) is 2.28. The van der Waals surface area contributed by atoms with Crippen molar-refractivity contribution < 1.29 is 23.5 Å². The monoisotopic (exact) mass is 429 g/mol. The van der Waals surface area contributed by atoms with Crippen molar-refractivity contribution in [2.45, 2.75) is 19.9 Å². The Balaban J connectivity index is 2.09. The van der Waals surface area contributed by atoms with Crippen LogP contribution in [0.5, 0.6) is 0 Å². The Labute approximate surface area is 172 Å². The van der Waals surface area contributed by atoms with Crippen LogP contribution in [0.2, 0.25) is 10.0 Å². The molecular weight excluding hydrogens is 409 g/mol. The van der Waals surface area contributed by atoms with E-state index < -0.39 is 12.0 Å². The van der Waals surface area contributed by atoms with Crippen molar-refractivity contribution in [2.24, 2.45) is 0 Å². The number of nitrogens with one attached hydrogen (secondary N) is 1. The molecule has 0 unspecified atom stereocenters. The van der Waals surface area contributed by atoms with Gasteiger partial charge in [-0.05, 0) is 31.5 Å². The van der Waals surface area contributed by atoms with Crippen molar-refractivity contribution in [1.82, 2.24) is 9.88 Å². The first-order chi connectivity index (χ1) is 13.4. The van der Waals surface area contributed by atoms with Crippen molar-refractivity contribution in [1.29, 1.82) is 0 Å². The van der Waals surface area contributed by atoms with E-state index in [2.05, 4.69) is 15.0 Å². The van der Waals surface area contributed by atoms with Crippen LogP contribution in [0.3, 0.4) is 0 Å². The van der Waals surface area contributed by atoms with E-state index in [-0.39, 0.29) is 18.1 Å². The number of hydrogen-bond acceptors (Lipinski definition) is 6. The minimum Gasteiger partial charge on any atom is -0.464 e. The molecule has 2 aromatic rings. The molecule has 8 nitrogen and oxygen atoms in total. The molecule has 28 heavy (non-hydrogen) atoms. The molecule has 0 atom stereocenters. The van der Waals surface area contributed by atoms with Crippen molar-refractivity contribution in [3.8, 4) is 0 Å². The number of carbonyl (C=O) groups is 2. The highest BCUT2D eigenvalue weighted by atomic mass is 35.5. The number of urea groups is 1. The second kappa shape index (κ2) is 10.9. The van der Waals surface area contributed by atoms with E-state index in [0.717, 1.165) is 0 Å². The minimum absolute atomic E-state index is 0.0351. The van der Waals surface area contributed by atoms with Crippen molar-refractivity contribution in [3.05, 3.63) is 46.1 Å². The van der Waals surface area contributed by atoms with Crippen LogP contribution in [0.15, 0.2) is 28.9 Å². The average molecular weight is 430 g/mol. The minimum atomic E-state index is -0.615. The van der Waals surface area contributed by atoms with Crippen molar-refractivity contribution in [3.63, 3.8) is 0 Å².